The summed E-state index contributed by atoms with van der Waals surface area (Å²) in [5, 5.41) is 8.54. The van der Waals surface area contributed by atoms with E-state index < -0.39 is 6.17 Å². The predicted octanol–water partition coefficient (Wildman–Crippen LogP) is 2.69. The van der Waals surface area contributed by atoms with Gasteiger partial charge in [0.15, 0.2) is 0 Å². The van der Waals surface area contributed by atoms with Crippen LogP contribution in [0.1, 0.15) is 18.9 Å². The molecule has 0 aliphatic carbocycles. The first-order valence-electron chi connectivity index (χ1n) is 4.49. The summed E-state index contributed by atoms with van der Waals surface area (Å²) in [6, 6.07) is 8.78. The minimum atomic E-state index is -0.839. The van der Waals surface area contributed by atoms with Crippen LogP contribution in [0.5, 0.6) is 5.75 Å². The summed E-state index contributed by atoms with van der Waals surface area (Å²) in [6.45, 7) is 1.87. The molecule has 0 saturated carbocycles. The number of ether oxygens (including phenoxy) is 1. The average Bonchev–Trinajstić information content (AvgIpc) is 2.18. The van der Waals surface area contributed by atoms with Crippen LogP contribution in [0, 0.1) is 11.3 Å². The molecule has 0 unspecified atom stereocenters. The van der Waals surface area contributed by atoms with Crippen LogP contribution in [0.15, 0.2) is 24.3 Å². The molecule has 0 spiro atoms. The Kier molecular flexibility index (Phi) is 3.93. The molecule has 1 aromatic carbocycles. The van der Waals surface area contributed by atoms with Gasteiger partial charge in [-0.05, 0) is 31.2 Å². The maximum atomic E-state index is 12.4. The van der Waals surface area contributed by atoms with Crippen molar-refractivity contribution in [3.8, 4) is 11.8 Å². The van der Waals surface area contributed by atoms with Crippen LogP contribution in [0.4, 0.5) is 4.39 Å². The van der Waals surface area contributed by atoms with E-state index >= 15 is 0 Å². The Morgan fingerprint density at radius 1 is 1.43 bits per heavy atom. The topological polar surface area (TPSA) is 33.0 Å². The molecule has 0 heterocycles. The van der Waals surface area contributed by atoms with Crippen LogP contribution in [-0.2, 0) is 0 Å². The number of rotatable bonds is 4. The first-order valence-corrected chi connectivity index (χ1v) is 4.49. The minimum Gasteiger partial charge on any atom is -0.493 e. The summed E-state index contributed by atoms with van der Waals surface area (Å²) in [5.74, 6) is 0.671. The third-order valence-corrected chi connectivity index (χ3v) is 1.77. The normalized spacial score (nSPS) is 11.8. The lowest BCUT2D eigenvalue weighted by Gasteiger charge is -2.05. The van der Waals surface area contributed by atoms with E-state index in [-0.39, 0.29) is 0 Å². The molecular weight excluding hydrogens is 181 g/mol. The first-order chi connectivity index (χ1) is 6.72. The Morgan fingerprint density at radius 3 is 2.57 bits per heavy atom. The highest BCUT2D eigenvalue weighted by atomic mass is 19.1. The first kappa shape index (κ1) is 10.5. The Bertz CT molecular complexity index is 313. The van der Waals surface area contributed by atoms with Crippen LogP contribution in [0.3, 0.4) is 0 Å². The Hall–Kier alpha value is -1.56. The van der Waals surface area contributed by atoms with Gasteiger partial charge in [0.25, 0.3) is 0 Å². The number of hydrogen-bond acceptors (Lipinski definition) is 2. The molecule has 0 saturated heterocycles. The molecule has 3 heteroatoms. The van der Waals surface area contributed by atoms with Crippen molar-refractivity contribution < 1.29 is 9.13 Å². The van der Waals surface area contributed by atoms with Gasteiger partial charge in [-0.15, -0.1) is 0 Å². The molecule has 0 bridgehead atoms. The molecule has 1 rings (SSSR count). The number of halogens is 1. The van der Waals surface area contributed by atoms with Crippen molar-refractivity contribution in [2.75, 3.05) is 6.61 Å². The molecule has 1 aromatic rings. The zero-order valence-corrected chi connectivity index (χ0v) is 8.03. The zero-order valence-electron chi connectivity index (χ0n) is 8.03. The highest BCUT2D eigenvalue weighted by molar-refractivity contribution is 5.34. The van der Waals surface area contributed by atoms with E-state index in [1.54, 1.807) is 24.3 Å². The van der Waals surface area contributed by atoms with Gasteiger partial charge in [-0.3, -0.25) is 0 Å². The monoisotopic (exact) mass is 193 g/mol. The molecule has 0 fully saturated rings. The Morgan fingerprint density at radius 2 is 2.07 bits per heavy atom. The molecule has 0 aromatic heterocycles. The van der Waals surface area contributed by atoms with Gasteiger partial charge in [0.2, 0.25) is 0 Å². The van der Waals surface area contributed by atoms with Crippen molar-refractivity contribution in [3.63, 3.8) is 0 Å². The fourth-order valence-corrected chi connectivity index (χ4v) is 0.965. The second-order valence-electron chi connectivity index (χ2n) is 3.05. The van der Waals surface area contributed by atoms with Crippen molar-refractivity contribution in [2.24, 2.45) is 0 Å². The van der Waals surface area contributed by atoms with Gasteiger partial charge in [0.05, 0.1) is 18.2 Å². The minimum absolute atomic E-state index is 0.365. The third-order valence-electron chi connectivity index (χ3n) is 1.77. The van der Waals surface area contributed by atoms with Gasteiger partial charge in [-0.2, -0.15) is 5.26 Å². The smallest absolute Gasteiger partial charge is 0.119 e. The van der Waals surface area contributed by atoms with E-state index in [0.29, 0.717) is 24.3 Å². The van der Waals surface area contributed by atoms with Crippen molar-refractivity contribution in [2.45, 2.75) is 19.5 Å². The van der Waals surface area contributed by atoms with E-state index in [2.05, 4.69) is 0 Å². The van der Waals surface area contributed by atoms with Crippen LogP contribution >= 0.6 is 0 Å². The Balaban J connectivity index is 2.41. The predicted molar refractivity (Wildman–Crippen MR) is 51.8 cm³/mol. The largest absolute Gasteiger partial charge is 0.493 e. The highest BCUT2D eigenvalue weighted by Gasteiger charge is 1.99. The van der Waals surface area contributed by atoms with Gasteiger partial charge in [0.1, 0.15) is 11.9 Å². The molecule has 14 heavy (non-hydrogen) atoms. The molecule has 74 valence electrons. The molecule has 0 N–H and O–H groups in total. The summed E-state index contributed by atoms with van der Waals surface area (Å²) in [5.41, 5.74) is 0.594. The van der Waals surface area contributed by atoms with Crippen molar-refractivity contribution >= 4 is 0 Å². The van der Waals surface area contributed by atoms with Crippen molar-refractivity contribution in [3.05, 3.63) is 29.8 Å². The number of benzene rings is 1. The summed E-state index contributed by atoms with van der Waals surface area (Å²) < 4.78 is 17.7. The number of hydrogen-bond donors (Lipinski definition) is 0. The van der Waals surface area contributed by atoms with Crippen molar-refractivity contribution in [1.82, 2.24) is 0 Å². The van der Waals surface area contributed by atoms with Crippen LogP contribution in [-0.4, -0.2) is 12.8 Å². The van der Waals surface area contributed by atoms with Gasteiger partial charge in [-0.1, -0.05) is 0 Å². The Labute approximate surface area is 82.9 Å². The second-order valence-corrected chi connectivity index (χ2v) is 3.05. The molecule has 0 amide bonds. The molecule has 0 aliphatic heterocycles. The van der Waals surface area contributed by atoms with Crippen molar-refractivity contribution in [1.29, 1.82) is 5.26 Å². The lowest BCUT2D eigenvalue weighted by Crippen LogP contribution is -2.03. The van der Waals surface area contributed by atoms with E-state index in [1.807, 2.05) is 6.07 Å². The quantitative estimate of drug-likeness (QED) is 0.736. The SMILES string of the molecule is C[C@@H](F)CCOc1ccc(C#N)cc1. The van der Waals surface area contributed by atoms with Crippen LogP contribution in [0.2, 0.25) is 0 Å². The van der Waals surface area contributed by atoms with E-state index in [4.69, 9.17) is 10.00 Å². The zero-order chi connectivity index (χ0) is 10.4. The maximum Gasteiger partial charge on any atom is 0.119 e. The van der Waals surface area contributed by atoms with Crippen LogP contribution < -0.4 is 4.74 Å². The lowest BCUT2D eigenvalue weighted by atomic mass is 10.2. The summed E-state index contributed by atoms with van der Waals surface area (Å²) in [4.78, 5) is 0. The fraction of sp³-hybridized carbons (Fsp3) is 0.364. The number of nitriles is 1. The third kappa shape index (κ3) is 3.44. The molecule has 2 nitrogen and oxygen atoms in total. The molecule has 0 aliphatic rings. The fourth-order valence-electron chi connectivity index (χ4n) is 0.965. The average molecular weight is 193 g/mol. The van der Waals surface area contributed by atoms with Gasteiger partial charge >= 0.3 is 0 Å². The summed E-state index contributed by atoms with van der Waals surface area (Å²) >= 11 is 0. The number of alkyl halides is 1. The van der Waals surface area contributed by atoms with E-state index in [9.17, 15) is 4.39 Å². The summed E-state index contributed by atoms with van der Waals surface area (Å²) in [6.07, 6.45) is -0.451. The lowest BCUT2D eigenvalue weighted by molar-refractivity contribution is 0.247. The van der Waals surface area contributed by atoms with E-state index in [1.165, 1.54) is 6.92 Å². The summed E-state index contributed by atoms with van der Waals surface area (Å²) in [7, 11) is 0. The maximum absolute atomic E-state index is 12.4. The number of nitrogens with zero attached hydrogens (tertiary/aromatic N) is 1. The molecule has 1 atom stereocenters. The molecular formula is C11H12FNO. The second kappa shape index (κ2) is 5.23. The van der Waals surface area contributed by atoms with Gasteiger partial charge in [0, 0.05) is 6.42 Å². The highest BCUT2D eigenvalue weighted by Crippen LogP contribution is 2.12. The molecule has 0 radical (unpaired) electrons. The van der Waals surface area contributed by atoms with Gasteiger partial charge < -0.3 is 4.74 Å². The van der Waals surface area contributed by atoms with Crippen LogP contribution in [0.25, 0.3) is 0 Å². The standard InChI is InChI=1S/C11H12FNO/c1-9(12)6-7-14-11-4-2-10(8-13)3-5-11/h2-5,9H,6-7H2,1H3/t9-/m1/s1. The van der Waals surface area contributed by atoms with E-state index in [0.717, 1.165) is 0 Å². The van der Waals surface area contributed by atoms with Gasteiger partial charge in [-0.25, -0.2) is 4.39 Å².